The molecule has 2 N–H and O–H groups in total. The van der Waals surface area contributed by atoms with E-state index in [2.05, 4.69) is 60.7 Å². The van der Waals surface area contributed by atoms with Crippen LogP contribution in [0.4, 0.5) is 0 Å². The van der Waals surface area contributed by atoms with E-state index in [4.69, 9.17) is 5.73 Å². The summed E-state index contributed by atoms with van der Waals surface area (Å²) in [6.07, 6.45) is 6.42. The third-order valence-corrected chi connectivity index (χ3v) is 2.96. The molecule has 18 heavy (non-hydrogen) atoms. The lowest BCUT2D eigenvalue weighted by Crippen LogP contribution is -2.01. The first kappa shape index (κ1) is 12.6. The molecule has 0 aliphatic heterocycles. The van der Waals surface area contributed by atoms with E-state index in [0.29, 0.717) is 0 Å². The highest BCUT2D eigenvalue weighted by Crippen LogP contribution is 2.14. The van der Waals surface area contributed by atoms with E-state index in [1.54, 1.807) is 0 Å². The number of hydrogen-bond acceptors (Lipinski definition) is 1. The normalized spacial score (nSPS) is 10.9. The molecule has 0 fully saturated rings. The number of hydrogen-bond donors (Lipinski definition) is 1. The molecule has 0 amide bonds. The van der Waals surface area contributed by atoms with Crippen LogP contribution >= 0.6 is 0 Å². The molecule has 1 heteroatoms. The van der Waals surface area contributed by atoms with Crippen LogP contribution in [-0.2, 0) is 6.42 Å². The highest BCUT2D eigenvalue weighted by Gasteiger charge is 1.97. The molecule has 1 nitrogen and oxygen atoms in total. The average molecular weight is 237 g/mol. The maximum absolute atomic E-state index is 5.57. The zero-order valence-electron chi connectivity index (χ0n) is 10.5. The molecule has 92 valence electrons. The van der Waals surface area contributed by atoms with Gasteiger partial charge in [-0.25, -0.2) is 0 Å². The molecule has 0 atom stereocenters. The van der Waals surface area contributed by atoms with Crippen LogP contribution in [0.5, 0.6) is 0 Å². The Hall–Kier alpha value is -1.86. The van der Waals surface area contributed by atoms with Crippen molar-refractivity contribution in [2.24, 2.45) is 5.73 Å². The Kier molecular flexibility index (Phi) is 4.74. The average Bonchev–Trinajstić information content (AvgIpc) is 2.45. The van der Waals surface area contributed by atoms with Gasteiger partial charge in [0.2, 0.25) is 0 Å². The zero-order valence-corrected chi connectivity index (χ0v) is 10.5. The van der Waals surface area contributed by atoms with Crippen LogP contribution in [0, 0.1) is 0 Å². The van der Waals surface area contributed by atoms with Crippen LogP contribution in [-0.4, -0.2) is 6.54 Å². The van der Waals surface area contributed by atoms with Gasteiger partial charge in [0.1, 0.15) is 0 Å². The number of benzene rings is 2. The predicted molar refractivity (Wildman–Crippen MR) is 79.2 cm³/mol. The Balaban J connectivity index is 2.15. The molecule has 0 aliphatic rings. The van der Waals surface area contributed by atoms with Gasteiger partial charge in [-0.15, -0.1) is 0 Å². The summed E-state index contributed by atoms with van der Waals surface area (Å²) in [6.45, 7) is 0.747. The third-order valence-electron chi connectivity index (χ3n) is 2.96. The smallest absolute Gasteiger partial charge is 0.00741 e. The standard InChI is InChI=1S/C17H19N/c18-14-6-11-16-9-4-5-10-17(16)13-12-15-7-2-1-3-8-15/h1-5,7-10,12-13H,6,11,14,18H2/b13-12+. The van der Waals surface area contributed by atoms with E-state index in [9.17, 15) is 0 Å². The highest BCUT2D eigenvalue weighted by atomic mass is 14.5. The van der Waals surface area contributed by atoms with Gasteiger partial charge in [0.25, 0.3) is 0 Å². The van der Waals surface area contributed by atoms with Gasteiger partial charge >= 0.3 is 0 Å². The van der Waals surface area contributed by atoms with E-state index in [1.165, 1.54) is 16.7 Å². The third kappa shape index (κ3) is 3.57. The minimum Gasteiger partial charge on any atom is -0.330 e. The van der Waals surface area contributed by atoms with Gasteiger partial charge in [-0.05, 0) is 36.1 Å². The summed E-state index contributed by atoms with van der Waals surface area (Å²) >= 11 is 0. The molecule has 0 bridgehead atoms. The van der Waals surface area contributed by atoms with Crippen LogP contribution in [0.1, 0.15) is 23.1 Å². The second kappa shape index (κ2) is 6.77. The number of nitrogens with two attached hydrogens (primary N) is 1. The minimum absolute atomic E-state index is 0.747. The molecule has 0 heterocycles. The largest absolute Gasteiger partial charge is 0.330 e. The second-order valence-corrected chi connectivity index (χ2v) is 4.34. The van der Waals surface area contributed by atoms with E-state index >= 15 is 0 Å². The Labute approximate surface area is 109 Å². The van der Waals surface area contributed by atoms with E-state index in [1.807, 2.05) is 6.07 Å². The van der Waals surface area contributed by atoms with Gasteiger partial charge < -0.3 is 5.73 Å². The lowest BCUT2D eigenvalue weighted by molar-refractivity contribution is 0.831. The first-order valence-electron chi connectivity index (χ1n) is 6.41. The van der Waals surface area contributed by atoms with Crippen molar-refractivity contribution in [2.45, 2.75) is 12.8 Å². The summed E-state index contributed by atoms with van der Waals surface area (Å²) in [5, 5.41) is 0. The summed E-state index contributed by atoms with van der Waals surface area (Å²) in [4.78, 5) is 0. The van der Waals surface area contributed by atoms with Crippen molar-refractivity contribution >= 4 is 12.2 Å². The topological polar surface area (TPSA) is 26.0 Å². The predicted octanol–water partition coefficient (Wildman–Crippen LogP) is 3.75. The van der Waals surface area contributed by atoms with E-state index in [-0.39, 0.29) is 0 Å². The molecule has 0 unspecified atom stereocenters. The molecule has 0 radical (unpaired) electrons. The van der Waals surface area contributed by atoms with Crippen molar-refractivity contribution in [1.29, 1.82) is 0 Å². The first-order chi connectivity index (χ1) is 8.90. The highest BCUT2D eigenvalue weighted by molar-refractivity contribution is 5.71. The Morgan fingerprint density at radius 2 is 1.56 bits per heavy atom. The fraction of sp³-hybridized carbons (Fsp3) is 0.176. The quantitative estimate of drug-likeness (QED) is 0.787. The van der Waals surface area contributed by atoms with Crippen molar-refractivity contribution in [3.05, 3.63) is 71.3 Å². The van der Waals surface area contributed by atoms with Crippen LogP contribution in [0.25, 0.3) is 12.2 Å². The maximum Gasteiger partial charge on any atom is -0.00741 e. The van der Waals surface area contributed by atoms with Crippen molar-refractivity contribution < 1.29 is 0 Å². The maximum atomic E-state index is 5.57. The Morgan fingerprint density at radius 3 is 2.33 bits per heavy atom. The summed E-state index contributed by atoms with van der Waals surface area (Å²) in [7, 11) is 0. The first-order valence-corrected chi connectivity index (χ1v) is 6.41. The summed E-state index contributed by atoms with van der Waals surface area (Å²) in [5.41, 5.74) is 9.46. The van der Waals surface area contributed by atoms with Gasteiger partial charge in [-0.1, -0.05) is 66.7 Å². The number of aryl methyl sites for hydroxylation is 1. The molecule has 0 saturated carbocycles. The molecule has 2 rings (SSSR count). The lowest BCUT2D eigenvalue weighted by atomic mass is 10.0. The van der Waals surface area contributed by atoms with Gasteiger partial charge in [-0.3, -0.25) is 0 Å². The van der Waals surface area contributed by atoms with Crippen LogP contribution in [0.15, 0.2) is 54.6 Å². The Bertz CT molecular complexity index is 500. The fourth-order valence-corrected chi connectivity index (χ4v) is 1.97. The fourth-order valence-electron chi connectivity index (χ4n) is 1.97. The Morgan fingerprint density at radius 1 is 0.833 bits per heavy atom. The molecule has 0 spiro atoms. The van der Waals surface area contributed by atoms with E-state index in [0.717, 1.165) is 19.4 Å². The van der Waals surface area contributed by atoms with Gasteiger partial charge in [0.05, 0.1) is 0 Å². The van der Waals surface area contributed by atoms with Gasteiger partial charge in [0, 0.05) is 0 Å². The van der Waals surface area contributed by atoms with Gasteiger partial charge in [-0.2, -0.15) is 0 Å². The van der Waals surface area contributed by atoms with Crippen molar-refractivity contribution in [3.63, 3.8) is 0 Å². The lowest BCUT2D eigenvalue weighted by Gasteiger charge is -2.04. The molecule has 0 saturated heterocycles. The van der Waals surface area contributed by atoms with Crippen LogP contribution in [0.2, 0.25) is 0 Å². The molecule has 2 aromatic carbocycles. The molecule has 2 aromatic rings. The van der Waals surface area contributed by atoms with Crippen molar-refractivity contribution in [3.8, 4) is 0 Å². The van der Waals surface area contributed by atoms with E-state index < -0.39 is 0 Å². The second-order valence-electron chi connectivity index (χ2n) is 4.34. The number of rotatable bonds is 5. The molecular formula is C17H19N. The molecule has 0 aliphatic carbocycles. The van der Waals surface area contributed by atoms with Crippen LogP contribution < -0.4 is 5.73 Å². The van der Waals surface area contributed by atoms with Crippen molar-refractivity contribution in [2.75, 3.05) is 6.54 Å². The summed E-state index contributed by atoms with van der Waals surface area (Å²) < 4.78 is 0. The summed E-state index contributed by atoms with van der Waals surface area (Å²) in [6, 6.07) is 18.9. The van der Waals surface area contributed by atoms with Crippen molar-refractivity contribution in [1.82, 2.24) is 0 Å². The van der Waals surface area contributed by atoms with Crippen LogP contribution in [0.3, 0.4) is 0 Å². The monoisotopic (exact) mass is 237 g/mol. The molecule has 0 aromatic heterocycles. The van der Waals surface area contributed by atoms with Gasteiger partial charge in [0.15, 0.2) is 0 Å². The zero-order chi connectivity index (χ0) is 12.6. The SMILES string of the molecule is NCCCc1ccccc1/C=C/c1ccccc1. The summed E-state index contributed by atoms with van der Waals surface area (Å²) in [5.74, 6) is 0. The molecular weight excluding hydrogens is 218 g/mol. The minimum atomic E-state index is 0.747.